The quantitative estimate of drug-likeness (QED) is 0.688. The molecule has 0 radical (unpaired) electrons. The molecule has 0 aliphatic carbocycles. The van der Waals surface area contributed by atoms with Crippen molar-refractivity contribution in [3.8, 4) is 0 Å². The van der Waals surface area contributed by atoms with Gasteiger partial charge in [0.05, 0.1) is 6.10 Å². The Morgan fingerprint density at radius 3 is 2.62 bits per heavy atom. The molecule has 0 spiro atoms. The van der Waals surface area contributed by atoms with Gasteiger partial charge in [-0.1, -0.05) is 0 Å². The van der Waals surface area contributed by atoms with E-state index in [1.165, 1.54) is 4.90 Å². The third kappa shape index (κ3) is 3.37. The van der Waals surface area contributed by atoms with Crippen LogP contribution in [0.3, 0.4) is 0 Å². The second-order valence-electron chi connectivity index (χ2n) is 4.02. The highest BCUT2D eigenvalue weighted by molar-refractivity contribution is 5.80. The number of hydrogen-bond acceptors (Lipinski definition) is 3. The Balaban J connectivity index is 2.30. The van der Waals surface area contributed by atoms with Gasteiger partial charge in [0.2, 0.25) is 0 Å². The fourth-order valence-corrected chi connectivity index (χ4v) is 1.62. The summed E-state index contributed by atoms with van der Waals surface area (Å²) in [6, 6.07) is -0.231. The first-order chi connectivity index (χ1) is 7.54. The summed E-state index contributed by atoms with van der Waals surface area (Å²) in [5.74, 6) is -0.0116. The summed E-state index contributed by atoms with van der Waals surface area (Å²) in [6.45, 7) is 0.441. The molecule has 1 rings (SSSR count). The predicted octanol–water partition coefficient (Wildman–Crippen LogP) is -0.449. The number of amides is 3. The summed E-state index contributed by atoms with van der Waals surface area (Å²) in [5, 5.41) is 5.12. The SMILES string of the molecule is CNC(=O)NCC1CCC(C(=O)N(C)C)O1. The van der Waals surface area contributed by atoms with Crippen molar-refractivity contribution in [1.29, 1.82) is 0 Å². The minimum Gasteiger partial charge on any atom is -0.363 e. The number of carbonyl (C=O) groups is 2. The van der Waals surface area contributed by atoms with Crippen LogP contribution in [0.5, 0.6) is 0 Å². The topological polar surface area (TPSA) is 70.7 Å². The summed E-state index contributed by atoms with van der Waals surface area (Å²) >= 11 is 0. The van der Waals surface area contributed by atoms with E-state index in [2.05, 4.69) is 10.6 Å². The van der Waals surface area contributed by atoms with E-state index >= 15 is 0 Å². The van der Waals surface area contributed by atoms with Gasteiger partial charge in [0.25, 0.3) is 5.91 Å². The van der Waals surface area contributed by atoms with Gasteiger partial charge in [-0.15, -0.1) is 0 Å². The van der Waals surface area contributed by atoms with Crippen LogP contribution >= 0.6 is 0 Å². The molecule has 0 aromatic rings. The van der Waals surface area contributed by atoms with E-state index in [4.69, 9.17) is 4.74 Å². The zero-order chi connectivity index (χ0) is 12.1. The van der Waals surface area contributed by atoms with Gasteiger partial charge in [-0.3, -0.25) is 4.79 Å². The lowest BCUT2D eigenvalue weighted by Crippen LogP contribution is -2.39. The molecule has 6 heteroatoms. The molecule has 6 nitrogen and oxygen atoms in total. The lowest BCUT2D eigenvalue weighted by atomic mass is 10.2. The van der Waals surface area contributed by atoms with Gasteiger partial charge in [-0.25, -0.2) is 4.79 Å². The van der Waals surface area contributed by atoms with Crippen LogP contribution in [0.25, 0.3) is 0 Å². The molecule has 3 amide bonds. The Bertz CT molecular complexity index is 268. The van der Waals surface area contributed by atoms with Crippen LogP contribution in [0.4, 0.5) is 4.79 Å². The summed E-state index contributed by atoms with van der Waals surface area (Å²) in [4.78, 5) is 24.1. The molecule has 0 aromatic carbocycles. The fraction of sp³-hybridized carbons (Fsp3) is 0.800. The first kappa shape index (κ1) is 12.8. The molecule has 16 heavy (non-hydrogen) atoms. The molecule has 0 aromatic heterocycles. The predicted molar refractivity (Wildman–Crippen MR) is 59.0 cm³/mol. The summed E-state index contributed by atoms with van der Waals surface area (Å²) in [7, 11) is 4.98. The molecule has 1 fully saturated rings. The van der Waals surface area contributed by atoms with Crippen molar-refractivity contribution in [2.24, 2.45) is 0 Å². The average Bonchev–Trinajstić information content (AvgIpc) is 2.73. The third-order valence-electron chi connectivity index (χ3n) is 2.54. The van der Waals surface area contributed by atoms with Gasteiger partial charge in [0.1, 0.15) is 6.10 Å². The summed E-state index contributed by atoms with van der Waals surface area (Å²) in [5.41, 5.74) is 0. The number of hydrogen-bond donors (Lipinski definition) is 2. The molecule has 1 heterocycles. The van der Waals surface area contributed by atoms with Crippen molar-refractivity contribution in [1.82, 2.24) is 15.5 Å². The number of ether oxygens (including phenoxy) is 1. The second kappa shape index (κ2) is 5.69. The third-order valence-corrected chi connectivity index (χ3v) is 2.54. The molecule has 1 aliphatic rings. The van der Waals surface area contributed by atoms with Crippen LogP contribution in [-0.4, -0.2) is 56.7 Å². The highest BCUT2D eigenvalue weighted by Gasteiger charge is 2.31. The maximum atomic E-state index is 11.6. The van der Waals surface area contributed by atoms with Crippen molar-refractivity contribution in [3.63, 3.8) is 0 Å². The molecular formula is C10H19N3O3. The van der Waals surface area contributed by atoms with E-state index in [0.29, 0.717) is 6.54 Å². The summed E-state index contributed by atoms with van der Waals surface area (Å²) < 4.78 is 5.55. The highest BCUT2D eigenvalue weighted by Crippen LogP contribution is 2.20. The Kier molecular flexibility index (Phi) is 4.54. The lowest BCUT2D eigenvalue weighted by molar-refractivity contribution is -0.140. The zero-order valence-corrected chi connectivity index (χ0v) is 9.95. The Morgan fingerprint density at radius 2 is 2.06 bits per heavy atom. The minimum atomic E-state index is -0.355. The molecule has 0 bridgehead atoms. The Labute approximate surface area is 95.3 Å². The van der Waals surface area contributed by atoms with Crippen molar-refractivity contribution in [3.05, 3.63) is 0 Å². The number of likely N-dealkylation sites (N-methyl/N-ethyl adjacent to an activating group) is 1. The van der Waals surface area contributed by atoms with Crippen molar-refractivity contribution in [2.45, 2.75) is 25.0 Å². The zero-order valence-electron chi connectivity index (χ0n) is 9.95. The number of urea groups is 1. The van der Waals surface area contributed by atoms with Crippen LogP contribution in [-0.2, 0) is 9.53 Å². The van der Waals surface area contributed by atoms with Crippen molar-refractivity contribution in [2.75, 3.05) is 27.7 Å². The van der Waals surface area contributed by atoms with Crippen LogP contribution < -0.4 is 10.6 Å². The molecule has 2 atom stereocenters. The molecule has 2 unspecified atom stereocenters. The highest BCUT2D eigenvalue weighted by atomic mass is 16.5. The van der Waals surface area contributed by atoms with Crippen LogP contribution in [0, 0.1) is 0 Å². The molecular weight excluding hydrogens is 210 g/mol. The van der Waals surface area contributed by atoms with Crippen molar-refractivity contribution >= 4 is 11.9 Å². The Morgan fingerprint density at radius 1 is 1.38 bits per heavy atom. The van der Waals surface area contributed by atoms with E-state index in [-0.39, 0.29) is 24.1 Å². The van der Waals surface area contributed by atoms with Gasteiger partial charge < -0.3 is 20.3 Å². The van der Waals surface area contributed by atoms with Crippen LogP contribution in [0.2, 0.25) is 0 Å². The maximum Gasteiger partial charge on any atom is 0.314 e. The molecule has 0 saturated carbocycles. The van der Waals surface area contributed by atoms with E-state index in [9.17, 15) is 9.59 Å². The van der Waals surface area contributed by atoms with Gasteiger partial charge in [-0.2, -0.15) is 0 Å². The largest absolute Gasteiger partial charge is 0.363 e. The van der Waals surface area contributed by atoms with Gasteiger partial charge >= 0.3 is 6.03 Å². The number of rotatable bonds is 3. The molecule has 92 valence electrons. The standard InChI is InChI=1S/C10H19N3O3/c1-11-10(15)12-6-7-4-5-8(16-7)9(14)13(2)3/h7-8H,4-6H2,1-3H3,(H2,11,12,15). The fourth-order valence-electron chi connectivity index (χ4n) is 1.62. The van der Waals surface area contributed by atoms with Gasteiger partial charge in [0, 0.05) is 27.7 Å². The maximum absolute atomic E-state index is 11.6. The second-order valence-corrected chi connectivity index (χ2v) is 4.02. The van der Waals surface area contributed by atoms with Crippen molar-refractivity contribution < 1.29 is 14.3 Å². The van der Waals surface area contributed by atoms with E-state index < -0.39 is 0 Å². The number of nitrogens with zero attached hydrogens (tertiary/aromatic N) is 1. The van der Waals surface area contributed by atoms with Crippen LogP contribution in [0.1, 0.15) is 12.8 Å². The van der Waals surface area contributed by atoms with Gasteiger partial charge in [0.15, 0.2) is 0 Å². The lowest BCUT2D eigenvalue weighted by Gasteiger charge is -2.17. The first-order valence-electron chi connectivity index (χ1n) is 5.36. The van der Waals surface area contributed by atoms with E-state index in [1.54, 1.807) is 21.1 Å². The monoisotopic (exact) mass is 229 g/mol. The molecule has 2 N–H and O–H groups in total. The minimum absolute atomic E-state index is 0.0116. The normalized spacial score (nSPS) is 23.9. The molecule has 1 saturated heterocycles. The van der Waals surface area contributed by atoms with E-state index in [0.717, 1.165) is 12.8 Å². The number of carbonyl (C=O) groups excluding carboxylic acids is 2. The summed E-state index contributed by atoms with van der Waals surface area (Å²) in [6.07, 6.45) is 1.10. The average molecular weight is 229 g/mol. The van der Waals surface area contributed by atoms with Crippen LogP contribution in [0.15, 0.2) is 0 Å². The van der Waals surface area contributed by atoms with E-state index in [1.807, 2.05) is 0 Å². The molecule has 1 aliphatic heterocycles. The smallest absolute Gasteiger partial charge is 0.314 e. The Hall–Kier alpha value is -1.30. The van der Waals surface area contributed by atoms with Gasteiger partial charge in [-0.05, 0) is 12.8 Å². The number of nitrogens with one attached hydrogen (secondary N) is 2. The first-order valence-corrected chi connectivity index (χ1v) is 5.36.